The Morgan fingerprint density at radius 2 is 1.25 bits per heavy atom. The van der Waals surface area contributed by atoms with E-state index in [0.29, 0.717) is 0 Å². The van der Waals surface area contributed by atoms with Gasteiger partial charge in [-0.05, 0) is 34.9 Å². The average molecular weight is 260 g/mol. The maximum atomic E-state index is 6.11. The number of nitrogen functional groups attached to an aromatic ring is 2. The highest BCUT2D eigenvalue weighted by molar-refractivity contribution is 5.89. The van der Waals surface area contributed by atoms with Crippen LogP contribution in [0.25, 0.3) is 22.3 Å². The lowest BCUT2D eigenvalue weighted by molar-refractivity contribution is 1.57. The molecule has 0 heterocycles. The molecule has 0 saturated heterocycles. The summed E-state index contributed by atoms with van der Waals surface area (Å²) in [7, 11) is 0. The van der Waals surface area contributed by atoms with E-state index in [-0.39, 0.29) is 0 Å². The van der Waals surface area contributed by atoms with Crippen LogP contribution in [0.1, 0.15) is 0 Å². The molecule has 4 N–H and O–H groups in total. The van der Waals surface area contributed by atoms with E-state index in [1.165, 1.54) is 0 Å². The summed E-state index contributed by atoms with van der Waals surface area (Å²) in [6.07, 6.45) is 0. The van der Waals surface area contributed by atoms with Gasteiger partial charge in [0.15, 0.2) is 0 Å². The van der Waals surface area contributed by atoms with Gasteiger partial charge in [-0.2, -0.15) is 0 Å². The van der Waals surface area contributed by atoms with Crippen LogP contribution in [0.3, 0.4) is 0 Å². The normalized spacial score (nSPS) is 10.4. The van der Waals surface area contributed by atoms with Gasteiger partial charge in [-0.25, -0.2) is 0 Å². The molecule has 0 aliphatic heterocycles. The fourth-order valence-corrected chi connectivity index (χ4v) is 2.40. The highest BCUT2D eigenvalue weighted by Gasteiger charge is 2.09. The summed E-state index contributed by atoms with van der Waals surface area (Å²) in [5, 5.41) is 0. The Morgan fingerprint density at radius 1 is 0.550 bits per heavy atom. The molecule has 98 valence electrons. The third-order valence-corrected chi connectivity index (χ3v) is 3.38. The van der Waals surface area contributed by atoms with Crippen molar-refractivity contribution in [2.24, 2.45) is 0 Å². The van der Waals surface area contributed by atoms with Crippen LogP contribution in [0.2, 0.25) is 0 Å². The number of nitrogens with two attached hydrogens (primary N) is 2. The number of anilines is 2. The summed E-state index contributed by atoms with van der Waals surface area (Å²) in [6, 6.07) is 24.0. The fraction of sp³-hybridized carbons (Fsp3) is 0. The first kappa shape index (κ1) is 12.3. The Balaban J connectivity index is 2.25. The average Bonchev–Trinajstić information content (AvgIpc) is 2.49. The topological polar surface area (TPSA) is 52.0 Å². The molecule has 0 radical (unpaired) electrons. The molecule has 2 heteroatoms. The van der Waals surface area contributed by atoms with Crippen molar-refractivity contribution in [1.29, 1.82) is 0 Å². The summed E-state index contributed by atoms with van der Waals surface area (Å²) < 4.78 is 0. The highest BCUT2D eigenvalue weighted by atomic mass is 14.6. The van der Waals surface area contributed by atoms with Crippen LogP contribution >= 0.6 is 0 Å². The zero-order valence-electron chi connectivity index (χ0n) is 11.1. The van der Waals surface area contributed by atoms with Crippen LogP contribution in [0, 0.1) is 0 Å². The summed E-state index contributed by atoms with van der Waals surface area (Å²) in [4.78, 5) is 0. The Kier molecular flexibility index (Phi) is 3.13. The van der Waals surface area contributed by atoms with Crippen molar-refractivity contribution in [3.8, 4) is 22.3 Å². The molecule has 0 atom stereocenters. The van der Waals surface area contributed by atoms with Gasteiger partial charge in [0.1, 0.15) is 0 Å². The van der Waals surface area contributed by atoms with Crippen LogP contribution in [-0.2, 0) is 0 Å². The Hall–Kier alpha value is -2.74. The zero-order valence-corrected chi connectivity index (χ0v) is 11.1. The monoisotopic (exact) mass is 260 g/mol. The molecular weight excluding hydrogens is 244 g/mol. The molecule has 0 amide bonds. The van der Waals surface area contributed by atoms with Crippen molar-refractivity contribution in [1.82, 2.24) is 0 Å². The predicted molar refractivity (Wildman–Crippen MR) is 86.1 cm³/mol. The van der Waals surface area contributed by atoms with E-state index in [4.69, 9.17) is 11.5 Å². The SMILES string of the molecule is Nc1ccc(-c2ccccc2N)c(-c2ccccc2)c1. The number of rotatable bonds is 2. The molecule has 0 spiro atoms. The number of para-hydroxylation sites is 1. The Labute approximate surface area is 118 Å². The van der Waals surface area contributed by atoms with Gasteiger partial charge in [0.2, 0.25) is 0 Å². The van der Waals surface area contributed by atoms with Gasteiger partial charge in [0.05, 0.1) is 0 Å². The van der Waals surface area contributed by atoms with Gasteiger partial charge in [-0.15, -0.1) is 0 Å². The zero-order chi connectivity index (χ0) is 13.9. The van der Waals surface area contributed by atoms with Crippen LogP contribution in [0.4, 0.5) is 11.4 Å². The lowest BCUT2D eigenvalue weighted by atomic mass is 9.93. The number of hydrogen-bond acceptors (Lipinski definition) is 2. The predicted octanol–water partition coefficient (Wildman–Crippen LogP) is 4.19. The fourth-order valence-electron chi connectivity index (χ4n) is 2.40. The first-order valence-corrected chi connectivity index (χ1v) is 6.55. The standard InChI is InChI=1S/C18H16N2/c19-14-10-11-15(16-8-4-5-9-18(16)20)17(12-14)13-6-2-1-3-7-13/h1-12H,19-20H2. The second-order valence-corrected chi connectivity index (χ2v) is 4.76. The van der Waals surface area contributed by atoms with E-state index in [9.17, 15) is 0 Å². The van der Waals surface area contributed by atoms with Crippen molar-refractivity contribution >= 4 is 11.4 Å². The van der Waals surface area contributed by atoms with Crippen molar-refractivity contribution in [3.63, 3.8) is 0 Å². The van der Waals surface area contributed by atoms with Gasteiger partial charge in [0, 0.05) is 16.9 Å². The summed E-state index contributed by atoms with van der Waals surface area (Å²) in [6.45, 7) is 0. The minimum absolute atomic E-state index is 0.752. The third-order valence-electron chi connectivity index (χ3n) is 3.38. The largest absolute Gasteiger partial charge is 0.399 e. The van der Waals surface area contributed by atoms with Crippen molar-refractivity contribution in [2.45, 2.75) is 0 Å². The minimum atomic E-state index is 0.752. The van der Waals surface area contributed by atoms with E-state index >= 15 is 0 Å². The summed E-state index contributed by atoms with van der Waals surface area (Å²) >= 11 is 0. The number of hydrogen-bond donors (Lipinski definition) is 2. The quantitative estimate of drug-likeness (QED) is 0.679. The van der Waals surface area contributed by atoms with Gasteiger partial charge in [-0.1, -0.05) is 54.6 Å². The molecule has 3 rings (SSSR count). The van der Waals surface area contributed by atoms with E-state index in [0.717, 1.165) is 33.6 Å². The molecule has 20 heavy (non-hydrogen) atoms. The van der Waals surface area contributed by atoms with E-state index in [1.807, 2.05) is 60.7 Å². The van der Waals surface area contributed by atoms with Gasteiger partial charge in [0.25, 0.3) is 0 Å². The van der Waals surface area contributed by atoms with Gasteiger partial charge in [-0.3, -0.25) is 0 Å². The molecule has 0 bridgehead atoms. The maximum Gasteiger partial charge on any atom is 0.0393 e. The molecule has 3 aromatic carbocycles. The van der Waals surface area contributed by atoms with E-state index < -0.39 is 0 Å². The lowest BCUT2D eigenvalue weighted by Crippen LogP contribution is -1.93. The van der Waals surface area contributed by atoms with Crippen molar-refractivity contribution in [2.75, 3.05) is 11.5 Å². The number of benzene rings is 3. The Morgan fingerprint density at radius 3 is 2.00 bits per heavy atom. The first-order valence-electron chi connectivity index (χ1n) is 6.55. The lowest BCUT2D eigenvalue weighted by Gasteiger charge is -2.13. The highest BCUT2D eigenvalue weighted by Crippen LogP contribution is 2.36. The molecule has 0 aliphatic rings. The van der Waals surface area contributed by atoms with E-state index in [2.05, 4.69) is 12.1 Å². The van der Waals surface area contributed by atoms with E-state index in [1.54, 1.807) is 0 Å². The Bertz CT molecular complexity index is 733. The molecule has 0 fully saturated rings. The van der Waals surface area contributed by atoms with Crippen LogP contribution < -0.4 is 11.5 Å². The second kappa shape index (κ2) is 5.10. The molecule has 3 aromatic rings. The molecule has 0 unspecified atom stereocenters. The molecule has 0 aromatic heterocycles. The van der Waals surface area contributed by atoms with Crippen molar-refractivity contribution < 1.29 is 0 Å². The third kappa shape index (κ3) is 2.24. The first-order chi connectivity index (χ1) is 9.75. The van der Waals surface area contributed by atoms with Crippen LogP contribution in [0.15, 0.2) is 72.8 Å². The second-order valence-electron chi connectivity index (χ2n) is 4.76. The molecule has 2 nitrogen and oxygen atoms in total. The summed E-state index contributed by atoms with van der Waals surface area (Å²) in [5.41, 5.74) is 18.0. The van der Waals surface area contributed by atoms with Crippen LogP contribution in [0.5, 0.6) is 0 Å². The van der Waals surface area contributed by atoms with Gasteiger partial charge >= 0.3 is 0 Å². The van der Waals surface area contributed by atoms with Crippen LogP contribution in [-0.4, -0.2) is 0 Å². The summed E-state index contributed by atoms with van der Waals surface area (Å²) in [5.74, 6) is 0. The molecule has 0 saturated carbocycles. The minimum Gasteiger partial charge on any atom is -0.399 e. The smallest absolute Gasteiger partial charge is 0.0393 e. The maximum absolute atomic E-state index is 6.11. The molecule has 0 aliphatic carbocycles. The molecular formula is C18H16N2. The van der Waals surface area contributed by atoms with Crippen molar-refractivity contribution in [3.05, 3.63) is 72.8 Å². The van der Waals surface area contributed by atoms with Gasteiger partial charge < -0.3 is 11.5 Å².